The minimum atomic E-state index is 0.809. The van der Waals surface area contributed by atoms with Crippen molar-refractivity contribution in [2.75, 3.05) is 6.54 Å². The number of rotatable bonds is 5. The van der Waals surface area contributed by atoms with E-state index in [1.54, 1.807) is 0 Å². The zero-order chi connectivity index (χ0) is 22.7. The standard InChI is InChI=1S/C29H25N5/c1-4-10-22(11-5-1)28-25(21-34(32-28)26-14-8-3-9-15-26)20-33-17-16-27-24(19-33)18-30-29(31-27)23-12-6-2-7-13-23/h1-15,18,21H,16-17,19-20H2. The molecule has 5 aromatic rings. The van der Waals surface area contributed by atoms with Gasteiger partial charge in [0.05, 0.1) is 17.1 Å². The van der Waals surface area contributed by atoms with Crippen LogP contribution in [0.25, 0.3) is 28.3 Å². The van der Waals surface area contributed by atoms with Crippen LogP contribution in [0, 0.1) is 0 Å². The lowest BCUT2D eigenvalue weighted by Crippen LogP contribution is -2.31. The fraction of sp³-hybridized carbons (Fsp3) is 0.138. The van der Waals surface area contributed by atoms with Crippen LogP contribution in [-0.4, -0.2) is 31.2 Å². The van der Waals surface area contributed by atoms with Crippen molar-refractivity contribution in [2.45, 2.75) is 19.5 Å². The van der Waals surface area contributed by atoms with E-state index in [1.165, 1.54) is 11.1 Å². The van der Waals surface area contributed by atoms with E-state index in [0.717, 1.165) is 60.1 Å². The number of hydrogen-bond acceptors (Lipinski definition) is 4. The van der Waals surface area contributed by atoms with Crippen molar-refractivity contribution in [3.8, 4) is 28.3 Å². The maximum atomic E-state index is 4.97. The third-order valence-electron chi connectivity index (χ3n) is 6.30. The fourth-order valence-corrected chi connectivity index (χ4v) is 4.55. The normalized spacial score (nSPS) is 13.5. The molecule has 0 bridgehead atoms. The Kier molecular flexibility index (Phi) is 5.45. The highest BCUT2D eigenvalue weighted by Gasteiger charge is 2.21. The highest BCUT2D eigenvalue weighted by atomic mass is 15.3. The molecule has 3 heterocycles. The Labute approximate surface area is 199 Å². The highest BCUT2D eigenvalue weighted by molar-refractivity contribution is 5.63. The summed E-state index contributed by atoms with van der Waals surface area (Å²) in [5.74, 6) is 0.809. The Bertz CT molecular complexity index is 1390. The number of para-hydroxylation sites is 1. The second-order valence-electron chi connectivity index (χ2n) is 8.64. The largest absolute Gasteiger partial charge is 0.294 e. The van der Waals surface area contributed by atoms with E-state index in [-0.39, 0.29) is 0 Å². The Morgan fingerprint density at radius 3 is 2.18 bits per heavy atom. The first-order valence-corrected chi connectivity index (χ1v) is 11.7. The molecule has 0 saturated carbocycles. The van der Waals surface area contributed by atoms with E-state index in [1.807, 2.05) is 53.3 Å². The van der Waals surface area contributed by atoms with E-state index >= 15 is 0 Å². The molecule has 0 atom stereocenters. The molecule has 5 nitrogen and oxygen atoms in total. The molecule has 6 rings (SSSR count). The van der Waals surface area contributed by atoms with Gasteiger partial charge in [-0.3, -0.25) is 4.90 Å². The van der Waals surface area contributed by atoms with Crippen molar-refractivity contribution < 1.29 is 0 Å². The minimum Gasteiger partial charge on any atom is -0.294 e. The van der Waals surface area contributed by atoms with Gasteiger partial charge in [-0.1, -0.05) is 78.9 Å². The summed E-state index contributed by atoms with van der Waals surface area (Å²) < 4.78 is 1.99. The molecule has 1 aliphatic rings. The summed E-state index contributed by atoms with van der Waals surface area (Å²) in [4.78, 5) is 12.0. The van der Waals surface area contributed by atoms with Crippen LogP contribution in [0.4, 0.5) is 0 Å². The Morgan fingerprint density at radius 1 is 0.765 bits per heavy atom. The van der Waals surface area contributed by atoms with Crippen molar-refractivity contribution in [3.05, 3.63) is 120 Å². The average Bonchev–Trinajstić information content (AvgIpc) is 3.33. The van der Waals surface area contributed by atoms with E-state index in [9.17, 15) is 0 Å². The molecule has 34 heavy (non-hydrogen) atoms. The first-order valence-electron chi connectivity index (χ1n) is 11.7. The van der Waals surface area contributed by atoms with Crippen molar-refractivity contribution in [3.63, 3.8) is 0 Å². The smallest absolute Gasteiger partial charge is 0.159 e. The molecular formula is C29H25N5. The molecule has 0 N–H and O–H groups in total. The van der Waals surface area contributed by atoms with Crippen molar-refractivity contribution in [1.82, 2.24) is 24.6 Å². The molecule has 0 saturated heterocycles. The fourth-order valence-electron chi connectivity index (χ4n) is 4.55. The molecule has 0 radical (unpaired) electrons. The molecule has 0 spiro atoms. The van der Waals surface area contributed by atoms with Crippen molar-refractivity contribution >= 4 is 0 Å². The molecule has 0 aliphatic carbocycles. The Hall–Kier alpha value is -4.09. The van der Waals surface area contributed by atoms with Gasteiger partial charge in [0, 0.05) is 60.7 Å². The van der Waals surface area contributed by atoms with E-state index < -0.39 is 0 Å². The van der Waals surface area contributed by atoms with Gasteiger partial charge in [-0.25, -0.2) is 14.6 Å². The molecule has 3 aromatic carbocycles. The molecule has 0 fully saturated rings. The summed E-state index contributed by atoms with van der Waals surface area (Å²) in [6, 6.07) is 30.9. The van der Waals surface area contributed by atoms with Gasteiger partial charge in [-0.15, -0.1) is 0 Å². The van der Waals surface area contributed by atoms with Crippen LogP contribution in [0.15, 0.2) is 103 Å². The number of fused-ring (bicyclic) bond motifs is 1. The molecule has 0 amide bonds. The van der Waals surface area contributed by atoms with Crippen LogP contribution in [0.2, 0.25) is 0 Å². The Morgan fingerprint density at radius 2 is 1.44 bits per heavy atom. The first kappa shape index (κ1) is 20.5. The van der Waals surface area contributed by atoms with Crippen molar-refractivity contribution in [2.24, 2.45) is 0 Å². The zero-order valence-electron chi connectivity index (χ0n) is 18.9. The Balaban J connectivity index is 1.28. The van der Waals surface area contributed by atoms with Gasteiger partial charge in [-0.05, 0) is 12.1 Å². The molecule has 166 valence electrons. The summed E-state index contributed by atoms with van der Waals surface area (Å²) >= 11 is 0. The second-order valence-corrected chi connectivity index (χ2v) is 8.64. The quantitative estimate of drug-likeness (QED) is 0.357. The lowest BCUT2D eigenvalue weighted by Gasteiger charge is -2.28. The summed E-state index contributed by atoms with van der Waals surface area (Å²) in [6.45, 7) is 2.63. The van der Waals surface area contributed by atoms with Gasteiger partial charge >= 0.3 is 0 Å². The summed E-state index contributed by atoms with van der Waals surface area (Å²) in [5.41, 5.74) is 7.90. The average molecular weight is 444 g/mol. The van der Waals surface area contributed by atoms with Crippen LogP contribution in [0.3, 0.4) is 0 Å². The van der Waals surface area contributed by atoms with Gasteiger partial charge in [0.15, 0.2) is 5.82 Å². The molecule has 2 aromatic heterocycles. The lowest BCUT2D eigenvalue weighted by atomic mass is 10.0. The van der Waals surface area contributed by atoms with Crippen LogP contribution < -0.4 is 0 Å². The van der Waals surface area contributed by atoms with Crippen molar-refractivity contribution in [1.29, 1.82) is 0 Å². The summed E-state index contributed by atoms with van der Waals surface area (Å²) in [6.07, 6.45) is 5.09. The maximum Gasteiger partial charge on any atom is 0.159 e. The van der Waals surface area contributed by atoms with Gasteiger partial charge in [-0.2, -0.15) is 5.10 Å². The van der Waals surface area contributed by atoms with Crippen LogP contribution in [-0.2, 0) is 19.5 Å². The molecular weight excluding hydrogens is 418 g/mol. The molecule has 1 aliphatic heterocycles. The predicted molar refractivity (Wildman–Crippen MR) is 134 cm³/mol. The number of aromatic nitrogens is 4. The van der Waals surface area contributed by atoms with E-state index in [0.29, 0.717) is 0 Å². The van der Waals surface area contributed by atoms with Crippen LogP contribution in [0.1, 0.15) is 16.8 Å². The highest BCUT2D eigenvalue weighted by Crippen LogP contribution is 2.27. The number of hydrogen-bond donors (Lipinski definition) is 0. The minimum absolute atomic E-state index is 0.809. The van der Waals surface area contributed by atoms with Gasteiger partial charge in [0.1, 0.15) is 0 Å². The zero-order valence-corrected chi connectivity index (χ0v) is 18.9. The third kappa shape index (κ3) is 4.14. The number of benzene rings is 3. The third-order valence-corrected chi connectivity index (χ3v) is 6.30. The monoisotopic (exact) mass is 443 g/mol. The van der Waals surface area contributed by atoms with Crippen LogP contribution in [0.5, 0.6) is 0 Å². The van der Waals surface area contributed by atoms with Gasteiger partial charge < -0.3 is 0 Å². The topological polar surface area (TPSA) is 46.8 Å². The first-order chi connectivity index (χ1) is 16.8. The second kappa shape index (κ2) is 9.04. The maximum absolute atomic E-state index is 4.97. The molecule has 0 unspecified atom stereocenters. The lowest BCUT2D eigenvalue weighted by molar-refractivity contribution is 0.243. The number of nitrogens with zero attached hydrogens (tertiary/aromatic N) is 5. The van der Waals surface area contributed by atoms with Gasteiger partial charge in [0.25, 0.3) is 0 Å². The van der Waals surface area contributed by atoms with Gasteiger partial charge in [0.2, 0.25) is 0 Å². The summed E-state index contributed by atoms with van der Waals surface area (Å²) in [5, 5.41) is 4.97. The van der Waals surface area contributed by atoms with E-state index in [4.69, 9.17) is 10.1 Å². The summed E-state index contributed by atoms with van der Waals surface area (Å²) in [7, 11) is 0. The molecule has 5 heteroatoms. The van der Waals surface area contributed by atoms with Crippen LogP contribution >= 0.6 is 0 Å². The predicted octanol–water partition coefficient (Wildman–Crippen LogP) is 5.55. The van der Waals surface area contributed by atoms with E-state index in [2.05, 4.69) is 64.6 Å². The SMILES string of the molecule is c1ccc(-c2ncc3c(n2)CCN(Cc2cn(-c4ccccc4)nc2-c2ccccc2)C3)cc1.